The van der Waals surface area contributed by atoms with Gasteiger partial charge in [0.25, 0.3) is 0 Å². The van der Waals surface area contributed by atoms with Crippen molar-refractivity contribution in [3.8, 4) is 0 Å². The standard InChI is InChI=1S/C18H12FNO4/c1-24-18(23)14(16(21)10-6-8-11(19)9-7-10)15-17(22)12-4-2-3-5-13(12)20-15/h2-9,21H,1H3/b16-14+. The molecule has 0 saturated carbocycles. The van der Waals surface area contributed by atoms with E-state index in [1.54, 1.807) is 24.3 Å². The van der Waals surface area contributed by atoms with Gasteiger partial charge in [-0.1, -0.05) is 12.1 Å². The van der Waals surface area contributed by atoms with Crippen LogP contribution in [0, 0.1) is 5.82 Å². The van der Waals surface area contributed by atoms with E-state index in [0.29, 0.717) is 11.3 Å². The normalized spacial score (nSPS) is 13.9. The lowest BCUT2D eigenvalue weighted by Crippen LogP contribution is -2.22. The van der Waals surface area contributed by atoms with Crippen LogP contribution >= 0.6 is 0 Å². The maximum absolute atomic E-state index is 13.1. The first kappa shape index (κ1) is 15.6. The van der Waals surface area contributed by atoms with E-state index in [1.807, 2.05) is 0 Å². The highest BCUT2D eigenvalue weighted by Crippen LogP contribution is 2.31. The quantitative estimate of drug-likeness (QED) is 0.534. The monoisotopic (exact) mass is 325 g/mol. The maximum Gasteiger partial charge on any atom is 0.344 e. The number of aliphatic hydroxyl groups is 1. The fourth-order valence-corrected chi connectivity index (χ4v) is 2.39. The van der Waals surface area contributed by atoms with Crippen LogP contribution in [0.5, 0.6) is 0 Å². The third-order valence-electron chi connectivity index (χ3n) is 3.58. The molecule has 0 aromatic heterocycles. The van der Waals surface area contributed by atoms with Gasteiger partial charge in [-0.15, -0.1) is 0 Å². The first-order valence-corrected chi connectivity index (χ1v) is 7.03. The number of aliphatic imine (C=N–C) groups is 1. The number of carbonyl (C=O) groups excluding carboxylic acids is 2. The number of carbonyl (C=O) groups is 2. The molecule has 0 atom stereocenters. The number of ketones is 1. The lowest BCUT2D eigenvalue weighted by molar-refractivity contribution is -0.135. The molecule has 24 heavy (non-hydrogen) atoms. The van der Waals surface area contributed by atoms with E-state index < -0.39 is 23.3 Å². The molecule has 0 unspecified atom stereocenters. The van der Waals surface area contributed by atoms with Crippen molar-refractivity contribution in [2.24, 2.45) is 4.99 Å². The number of hydrogen-bond donors (Lipinski definition) is 1. The van der Waals surface area contributed by atoms with Crippen molar-refractivity contribution in [3.05, 3.63) is 71.0 Å². The predicted octanol–water partition coefficient (Wildman–Crippen LogP) is 3.24. The highest BCUT2D eigenvalue weighted by Gasteiger charge is 2.33. The van der Waals surface area contributed by atoms with Crippen LogP contribution in [0.25, 0.3) is 5.76 Å². The van der Waals surface area contributed by atoms with Gasteiger partial charge in [-0.05, 0) is 36.4 Å². The fraction of sp³-hybridized carbons (Fsp3) is 0.0556. The van der Waals surface area contributed by atoms with Crippen molar-refractivity contribution in [1.82, 2.24) is 0 Å². The molecule has 1 aliphatic rings. The smallest absolute Gasteiger partial charge is 0.344 e. The number of esters is 1. The average Bonchev–Trinajstić information content (AvgIpc) is 2.92. The summed E-state index contributed by atoms with van der Waals surface area (Å²) in [7, 11) is 1.13. The SMILES string of the molecule is COC(=O)/C(C1=Nc2ccccc2C1=O)=C(/O)c1ccc(F)cc1. The molecule has 1 heterocycles. The number of benzene rings is 2. The molecule has 0 radical (unpaired) electrons. The van der Waals surface area contributed by atoms with Crippen molar-refractivity contribution >= 4 is 28.9 Å². The zero-order chi connectivity index (χ0) is 17.3. The number of aliphatic hydroxyl groups excluding tert-OH is 1. The van der Waals surface area contributed by atoms with E-state index in [2.05, 4.69) is 9.73 Å². The molecule has 1 aliphatic heterocycles. The minimum atomic E-state index is -0.906. The molecule has 0 fully saturated rings. The maximum atomic E-state index is 13.1. The van der Waals surface area contributed by atoms with Crippen LogP contribution < -0.4 is 0 Å². The second-order valence-corrected chi connectivity index (χ2v) is 5.03. The van der Waals surface area contributed by atoms with E-state index in [9.17, 15) is 19.1 Å². The summed E-state index contributed by atoms with van der Waals surface area (Å²) in [6.07, 6.45) is 0. The Labute approximate surface area is 136 Å². The van der Waals surface area contributed by atoms with Crippen molar-refractivity contribution in [1.29, 1.82) is 0 Å². The summed E-state index contributed by atoms with van der Waals surface area (Å²) in [5, 5.41) is 10.5. The Bertz CT molecular complexity index is 897. The Hall–Kier alpha value is -3.28. The van der Waals surface area contributed by atoms with E-state index in [0.717, 1.165) is 19.2 Å². The number of Topliss-reactive ketones (excluding diaryl/α,β-unsaturated/α-hetero) is 1. The van der Waals surface area contributed by atoms with Crippen molar-refractivity contribution in [2.75, 3.05) is 7.11 Å². The largest absolute Gasteiger partial charge is 0.506 e. The van der Waals surface area contributed by atoms with Gasteiger partial charge in [0.05, 0.1) is 12.8 Å². The first-order chi connectivity index (χ1) is 11.5. The van der Waals surface area contributed by atoms with Crippen LogP contribution in [0.3, 0.4) is 0 Å². The number of hydrogen-bond acceptors (Lipinski definition) is 5. The van der Waals surface area contributed by atoms with Gasteiger partial charge in [0.15, 0.2) is 0 Å². The summed E-state index contributed by atoms with van der Waals surface area (Å²) < 4.78 is 17.7. The van der Waals surface area contributed by atoms with Crippen LogP contribution in [0.15, 0.2) is 59.1 Å². The topological polar surface area (TPSA) is 76.0 Å². The Kier molecular flexibility index (Phi) is 3.95. The van der Waals surface area contributed by atoms with E-state index in [-0.39, 0.29) is 16.8 Å². The zero-order valence-electron chi connectivity index (χ0n) is 12.6. The molecule has 120 valence electrons. The van der Waals surface area contributed by atoms with E-state index in [4.69, 9.17) is 0 Å². The first-order valence-electron chi connectivity index (χ1n) is 7.03. The lowest BCUT2D eigenvalue weighted by atomic mass is 9.99. The summed E-state index contributed by atoms with van der Waals surface area (Å²) in [6, 6.07) is 11.4. The second kappa shape index (κ2) is 6.08. The molecular formula is C18H12FNO4. The van der Waals surface area contributed by atoms with Gasteiger partial charge in [0.2, 0.25) is 5.78 Å². The van der Waals surface area contributed by atoms with Gasteiger partial charge >= 0.3 is 5.97 Å². The molecule has 2 aromatic rings. The fourth-order valence-electron chi connectivity index (χ4n) is 2.39. The molecule has 1 N–H and O–H groups in total. The van der Waals surface area contributed by atoms with Crippen molar-refractivity contribution in [2.45, 2.75) is 0 Å². The lowest BCUT2D eigenvalue weighted by Gasteiger charge is -2.08. The number of para-hydroxylation sites is 1. The number of nitrogens with zero attached hydrogens (tertiary/aromatic N) is 1. The Morgan fingerprint density at radius 1 is 1.12 bits per heavy atom. The van der Waals surface area contributed by atoms with Crippen LogP contribution in [0.2, 0.25) is 0 Å². The number of fused-ring (bicyclic) bond motifs is 1. The zero-order valence-corrected chi connectivity index (χ0v) is 12.6. The third-order valence-corrected chi connectivity index (χ3v) is 3.58. The summed E-state index contributed by atoms with van der Waals surface area (Å²) in [5.41, 5.74) is 0.352. The van der Waals surface area contributed by atoms with Gasteiger partial charge < -0.3 is 9.84 Å². The Balaban J connectivity index is 2.16. The van der Waals surface area contributed by atoms with Gasteiger partial charge in [-0.2, -0.15) is 0 Å². The number of methoxy groups -OCH3 is 1. The third kappa shape index (κ3) is 2.58. The summed E-state index contributed by atoms with van der Waals surface area (Å²) in [6.45, 7) is 0. The molecule has 5 nitrogen and oxygen atoms in total. The van der Waals surface area contributed by atoms with Crippen LogP contribution in [0.4, 0.5) is 10.1 Å². The summed E-state index contributed by atoms with van der Waals surface area (Å²) >= 11 is 0. The van der Waals surface area contributed by atoms with Gasteiger partial charge in [-0.25, -0.2) is 14.2 Å². The van der Waals surface area contributed by atoms with Crippen LogP contribution in [0.1, 0.15) is 15.9 Å². The molecule has 3 rings (SSSR count). The number of rotatable bonds is 3. The van der Waals surface area contributed by atoms with Gasteiger partial charge in [0, 0.05) is 11.1 Å². The highest BCUT2D eigenvalue weighted by atomic mass is 19.1. The molecule has 2 aromatic carbocycles. The summed E-state index contributed by atoms with van der Waals surface area (Å²) in [5.74, 6) is -2.38. The highest BCUT2D eigenvalue weighted by molar-refractivity contribution is 6.59. The molecule has 0 aliphatic carbocycles. The Morgan fingerprint density at radius 2 is 1.79 bits per heavy atom. The molecule has 0 bridgehead atoms. The van der Waals surface area contributed by atoms with Gasteiger partial charge in [-0.3, -0.25) is 4.79 Å². The van der Waals surface area contributed by atoms with E-state index in [1.165, 1.54) is 12.1 Å². The number of ether oxygens (including phenoxy) is 1. The predicted molar refractivity (Wildman–Crippen MR) is 85.8 cm³/mol. The Morgan fingerprint density at radius 3 is 2.42 bits per heavy atom. The van der Waals surface area contributed by atoms with Crippen molar-refractivity contribution in [3.63, 3.8) is 0 Å². The molecule has 6 heteroatoms. The van der Waals surface area contributed by atoms with Crippen LogP contribution in [-0.4, -0.2) is 29.7 Å². The van der Waals surface area contributed by atoms with Gasteiger partial charge in [0.1, 0.15) is 22.9 Å². The minimum absolute atomic E-state index is 0.170. The average molecular weight is 325 g/mol. The molecular weight excluding hydrogens is 313 g/mol. The number of halogens is 1. The second-order valence-electron chi connectivity index (χ2n) is 5.03. The minimum Gasteiger partial charge on any atom is -0.506 e. The summed E-state index contributed by atoms with van der Waals surface area (Å²) in [4.78, 5) is 28.8. The molecule has 0 amide bonds. The molecule has 0 spiro atoms. The van der Waals surface area contributed by atoms with Crippen LogP contribution in [-0.2, 0) is 9.53 Å². The van der Waals surface area contributed by atoms with E-state index >= 15 is 0 Å². The van der Waals surface area contributed by atoms with Crippen molar-refractivity contribution < 1.29 is 23.8 Å². The molecule has 0 saturated heterocycles.